The first kappa shape index (κ1) is 14.4. The van der Waals surface area contributed by atoms with E-state index < -0.39 is 0 Å². The molecule has 0 fully saturated rings. The Kier molecular flexibility index (Phi) is 3.49. The number of methoxy groups -OCH3 is 1. The minimum atomic E-state index is 0.501. The zero-order chi connectivity index (χ0) is 16.5. The van der Waals surface area contributed by atoms with Crippen LogP contribution in [0.25, 0.3) is 22.1 Å². The van der Waals surface area contributed by atoms with E-state index in [0.717, 1.165) is 33.4 Å². The summed E-state index contributed by atoms with van der Waals surface area (Å²) in [7, 11) is 1.66. The van der Waals surface area contributed by atoms with Crippen molar-refractivity contribution in [1.29, 1.82) is 0 Å². The van der Waals surface area contributed by atoms with Gasteiger partial charge >= 0.3 is 0 Å². The normalized spacial score (nSPS) is 11.1. The highest BCUT2D eigenvalue weighted by atomic mass is 16.5. The van der Waals surface area contributed by atoms with Crippen LogP contribution in [0.5, 0.6) is 5.75 Å². The van der Waals surface area contributed by atoms with Gasteiger partial charge in [-0.3, -0.25) is 0 Å². The molecule has 0 unspecified atom stereocenters. The predicted octanol–water partition coefficient (Wildman–Crippen LogP) is 3.44. The largest absolute Gasteiger partial charge is 0.497 e. The number of H-pyrrole nitrogens is 1. The lowest BCUT2D eigenvalue weighted by Crippen LogP contribution is -2.04. The molecule has 0 saturated heterocycles. The highest BCUT2D eigenvalue weighted by Gasteiger charge is 2.09. The Morgan fingerprint density at radius 2 is 1.92 bits per heavy atom. The van der Waals surface area contributed by atoms with Crippen molar-refractivity contribution in [3.8, 4) is 5.75 Å². The van der Waals surface area contributed by atoms with Crippen LogP contribution in [0.15, 0.2) is 42.5 Å². The van der Waals surface area contributed by atoms with Crippen molar-refractivity contribution >= 4 is 28.0 Å². The predicted molar refractivity (Wildman–Crippen MR) is 94.2 cm³/mol. The maximum Gasteiger partial charge on any atom is 0.245 e. The highest BCUT2D eigenvalue weighted by Crippen LogP contribution is 2.23. The van der Waals surface area contributed by atoms with Crippen molar-refractivity contribution in [1.82, 2.24) is 20.2 Å². The van der Waals surface area contributed by atoms with Crippen LogP contribution in [0.2, 0.25) is 0 Å². The molecule has 4 aromatic rings. The topological polar surface area (TPSA) is 75.7 Å². The van der Waals surface area contributed by atoms with E-state index in [-0.39, 0.29) is 0 Å². The van der Waals surface area contributed by atoms with Crippen molar-refractivity contribution in [2.24, 2.45) is 0 Å². The Morgan fingerprint density at radius 1 is 1.08 bits per heavy atom. The average Bonchev–Trinajstić information content (AvgIpc) is 2.97. The summed E-state index contributed by atoms with van der Waals surface area (Å²) in [6.07, 6.45) is 0. The number of nitrogens with one attached hydrogen (secondary N) is 2. The van der Waals surface area contributed by atoms with Gasteiger partial charge in [0.05, 0.1) is 7.11 Å². The number of aromatic nitrogens is 4. The zero-order valence-corrected chi connectivity index (χ0v) is 13.5. The van der Waals surface area contributed by atoms with E-state index in [0.29, 0.717) is 12.5 Å². The smallest absolute Gasteiger partial charge is 0.245 e. The molecular formula is C18H17N5O. The molecule has 6 nitrogen and oxygen atoms in total. The highest BCUT2D eigenvalue weighted by molar-refractivity contribution is 6.03. The quantitative estimate of drug-likeness (QED) is 0.602. The molecule has 6 heteroatoms. The van der Waals surface area contributed by atoms with Gasteiger partial charge in [-0.25, -0.2) is 0 Å². The zero-order valence-electron chi connectivity index (χ0n) is 13.5. The van der Waals surface area contributed by atoms with Gasteiger partial charge in [-0.05, 0) is 36.8 Å². The third kappa shape index (κ3) is 2.62. The minimum absolute atomic E-state index is 0.501. The van der Waals surface area contributed by atoms with Gasteiger partial charge in [0.1, 0.15) is 11.3 Å². The molecule has 0 saturated carbocycles. The van der Waals surface area contributed by atoms with Crippen LogP contribution in [0, 0.1) is 6.92 Å². The number of hydrogen-bond donors (Lipinski definition) is 2. The number of hydrogen-bond acceptors (Lipinski definition) is 5. The van der Waals surface area contributed by atoms with Crippen LogP contribution < -0.4 is 10.1 Å². The van der Waals surface area contributed by atoms with Crippen molar-refractivity contribution in [3.63, 3.8) is 0 Å². The first-order valence-corrected chi connectivity index (χ1v) is 7.72. The second-order valence-electron chi connectivity index (χ2n) is 5.71. The Hall–Kier alpha value is -3.15. The van der Waals surface area contributed by atoms with Crippen LogP contribution in [0.4, 0.5) is 5.95 Å². The molecule has 120 valence electrons. The van der Waals surface area contributed by atoms with E-state index in [1.165, 1.54) is 5.56 Å². The number of benzene rings is 2. The first-order chi connectivity index (χ1) is 11.7. The molecular weight excluding hydrogens is 302 g/mol. The Morgan fingerprint density at radius 3 is 2.71 bits per heavy atom. The number of nitrogens with zero attached hydrogens (tertiary/aromatic N) is 3. The van der Waals surface area contributed by atoms with Gasteiger partial charge in [-0.1, -0.05) is 23.8 Å². The number of aromatic amines is 1. The van der Waals surface area contributed by atoms with Gasteiger partial charge in [0, 0.05) is 17.4 Å². The molecule has 0 aliphatic rings. The van der Waals surface area contributed by atoms with Gasteiger partial charge in [-0.15, -0.1) is 10.2 Å². The molecule has 0 aliphatic carbocycles. The lowest BCUT2D eigenvalue weighted by molar-refractivity contribution is 0.414. The molecule has 0 amide bonds. The summed E-state index contributed by atoms with van der Waals surface area (Å²) in [5.74, 6) is 1.34. The average molecular weight is 319 g/mol. The molecule has 4 rings (SSSR count). The number of fused-ring (bicyclic) bond motifs is 3. The maximum absolute atomic E-state index is 5.16. The van der Waals surface area contributed by atoms with Gasteiger partial charge in [-0.2, -0.15) is 4.98 Å². The van der Waals surface area contributed by atoms with Gasteiger partial charge in [0.15, 0.2) is 5.65 Å². The molecule has 2 N–H and O–H groups in total. The second kappa shape index (κ2) is 5.81. The summed E-state index contributed by atoms with van der Waals surface area (Å²) in [6.45, 7) is 2.68. The fraction of sp³-hybridized carbons (Fsp3) is 0.167. The van der Waals surface area contributed by atoms with E-state index in [9.17, 15) is 0 Å². The fourth-order valence-electron chi connectivity index (χ4n) is 2.68. The van der Waals surface area contributed by atoms with Crippen molar-refractivity contribution < 1.29 is 4.74 Å². The lowest BCUT2D eigenvalue weighted by atomic mass is 10.2. The summed E-state index contributed by atoms with van der Waals surface area (Å²) < 4.78 is 5.16. The standard InChI is InChI=1S/C18H17N5O/c1-11-3-8-15-14(9-11)16-17(20-15)21-18(23-22-16)19-10-12-4-6-13(24-2)7-5-12/h3-9H,10H2,1-2H3,(H2,19,20,21,23). The van der Waals surface area contributed by atoms with Gasteiger partial charge in [0.25, 0.3) is 0 Å². The van der Waals surface area contributed by atoms with Crippen molar-refractivity contribution in [3.05, 3.63) is 53.6 Å². The number of aryl methyl sites for hydroxylation is 1. The Bertz CT molecular complexity index is 1010. The van der Waals surface area contributed by atoms with E-state index in [4.69, 9.17) is 4.74 Å². The number of rotatable bonds is 4. The summed E-state index contributed by atoms with van der Waals surface area (Å²) in [5.41, 5.74) is 4.86. The van der Waals surface area contributed by atoms with E-state index in [1.54, 1.807) is 7.11 Å². The van der Waals surface area contributed by atoms with Gasteiger partial charge < -0.3 is 15.0 Å². The fourth-order valence-corrected chi connectivity index (χ4v) is 2.68. The molecule has 0 bridgehead atoms. The van der Waals surface area contributed by atoms with Crippen LogP contribution in [-0.4, -0.2) is 27.3 Å². The third-order valence-corrected chi connectivity index (χ3v) is 3.98. The molecule has 2 aromatic heterocycles. The number of ether oxygens (including phenoxy) is 1. The monoisotopic (exact) mass is 319 g/mol. The van der Waals surface area contributed by atoms with Gasteiger partial charge in [0.2, 0.25) is 5.95 Å². The SMILES string of the molecule is COc1ccc(CNc2nnc3c(n2)[nH]c2ccc(C)cc23)cc1. The van der Waals surface area contributed by atoms with E-state index >= 15 is 0 Å². The van der Waals surface area contributed by atoms with Crippen molar-refractivity contribution in [2.75, 3.05) is 12.4 Å². The molecule has 0 aliphatic heterocycles. The molecule has 2 aromatic carbocycles. The summed E-state index contributed by atoms with van der Waals surface area (Å²) >= 11 is 0. The van der Waals surface area contributed by atoms with E-state index in [2.05, 4.69) is 44.5 Å². The summed E-state index contributed by atoms with van der Waals surface area (Å²) in [5, 5.41) is 12.8. The van der Waals surface area contributed by atoms with Crippen LogP contribution in [0.1, 0.15) is 11.1 Å². The summed E-state index contributed by atoms with van der Waals surface area (Å²) in [4.78, 5) is 7.81. The number of anilines is 1. The van der Waals surface area contributed by atoms with E-state index in [1.807, 2.05) is 30.3 Å². The molecule has 0 spiro atoms. The maximum atomic E-state index is 5.16. The molecule has 2 heterocycles. The third-order valence-electron chi connectivity index (χ3n) is 3.98. The molecule has 0 radical (unpaired) electrons. The van der Waals surface area contributed by atoms with Crippen molar-refractivity contribution in [2.45, 2.75) is 13.5 Å². The second-order valence-corrected chi connectivity index (χ2v) is 5.71. The Balaban J connectivity index is 1.59. The van der Waals surface area contributed by atoms with Crippen LogP contribution in [-0.2, 0) is 6.54 Å². The molecule has 24 heavy (non-hydrogen) atoms. The first-order valence-electron chi connectivity index (χ1n) is 7.72. The molecule has 0 atom stereocenters. The minimum Gasteiger partial charge on any atom is -0.497 e. The van der Waals surface area contributed by atoms with Crippen LogP contribution in [0.3, 0.4) is 0 Å². The summed E-state index contributed by atoms with van der Waals surface area (Å²) in [6, 6.07) is 14.1. The van der Waals surface area contributed by atoms with Crippen LogP contribution >= 0.6 is 0 Å². The Labute approximate surface area is 138 Å². The lowest BCUT2D eigenvalue weighted by Gasteiger charge is -2.05.